The zero-order chi connectivity index (χ0) is 14.2. The zero-order valence-corrected chi connectivity index (χ0v) is 11.2. The molecule has 6 heteroatoms. The minimum absolute atomic E-state index is 0.441. The number of likely N-dealkylation sites (N-methyl/N-ethyl adjacent to an activating group) is 1. The van der Waals surface area contributed by atoms with Crippen LogP contribution in [0, 0.1) is 6.92 Å². The van der Waals surface area contributed by atoms with Crippen LogP contribution in [-0.2, 0) is 11.8 Å². The lowest BCUT2D eigenvalue weighted by Gasteiger charge is -2.20. The summed E-state index contributed by atoms with van der Waals surface area (Å²) < 4.78 is 1.99. The molecule has 0 fully saturated rings. The lowest BCUT2D eigenvalue weighted by atomic mass is 9.99. The predicted molar refractivity (Wildman–Crippen MR) is 72.9 cm³/mol. The number of carboxylic acids is 1. The van der Waals surface area contributed by atoms with Gasteiger partial charge in [0, 0.05) is 7.05 Å². The first-order chi connectivity index (χ1) is 8.95. The average Bonchev–Trinajstić information content (AvgIpc) is 2.65. The van der Waals surface area contributed by atoms with E-state index in [4.69, 9.17) is 10.8 Å². The fourth-order valence-corrected chi connectivity index (χ4v) is 2.23. The molecule has 1 heterocycles. The summed E-state index contributed by atoms with van der Waals surface area (Å²) in [7, 11) is 3.64. The second kappa shape index (κ2) is 4.99. The number of rotatable bonds is 4. The van der Waals surface area contributed by atoms with Crippen molar-refractivity contribution in [3.05, 3.63) is 29.6 Å². The van der Waals surface area contributed by atoms with Gasteiger partial charge in [0.15, 0.2) is 0 Å². The first kappa shape index (κ1) is 13.5. The Morgan fingerprint density at radius 2 is 2.21 bits per heavy atom. The van der Waals surface area contributed by atoms with Gasteiger partial charge in [-0.25, -0.2) is 4.98 Å². The van der Waals surface area contributed by atoms with E-state index in [1.165, 1.54) is 0 Å². The highest BCUT2D eigenvalue weighted by Gasteiger charge is 2.24. The smallest absolute Gasteiger partial charge is 0.322 e. The van der Waals surface area contributed by atoms with E-state index in [9.17, 15) is 4.79 Å². The summed E-state index contributed by atoms with van der Waals surface area (Å²) in [5, 5.41) is 12.0. The molecule has 0 aliphatic rings. The molecule has 1 aromatic carbocycles. The Balaban J connectivity index is 2.47. The van der Waals surface area contributed by atoms with Crippen LogP contribution in [0.3, 0.4) is 0 Å². The van der Waals surface area contributed by atoms with E-state index < -0.39 is 18.1 Å². The SMILES string of the molecule is CNC(c1ccc2c(c1)nc(C)n2C)C(N)C(=O)O. The Morgan fingerprint density at radius 1 is 1.53 bits per heavy atom. The number of carboxylic acid groups (broad SMARTS) is 1. The van der Waals surface area contributed by atoms with Crippen molar-refractivity contribution in [1.82, 2.24) is 14.9 Å². The molecule has 0 saturated carbocycles. The number of hydrogen-bond donors (Lipinski definition) is 3. The largest absolute Gasteiger partial charge is 0.480 e. The summed E-state index contributed by atoms with van der Waals surface area (Å²) in [4.78, 5) is 15.5. The van der Waals surface area contributed by atoms with Crippen molar-refractivity contribution >= 4 is 17.0 Å². The number of carbonyl (C=O) groups is 1. The Labute approximate surface area is 111 Å². The molecule has 2 atom stereocenters. The highest BCUT2D eigenvalue weighted by molar-refractivity contribution is 5.78. The Hall–Kier alpha value is -1.92. The molecule has 0 amide bonds. The summed E-state index contributed by atoms with van der Waals surface area (Å²) in [6, 6.07) is 4.26. The topological polar surface area (TPSA) is 93.2 Å². The van der Waals surface area contributed by atoms with Crippen molar-refractivity contribution in [2.45, 2.75) is 19.0 Å². The molecule has 0 saturated heterocycles. The van der Waals surface area contributed by atoms with E-state index in [1.807, 2.05) is 36.7 Å². The van der Waals surface area contributed by atoms with Gasteiger partial charge >= 0.3 is 5.97 Å². The number of nitrogens with one attached hydrogen (secondary N) is 1. The van der Waals surface area contributed by atoms with Crippen LogP contribution < -0.4 is 11.1 Å². The van der Waals surface area contributed by atoms with Crippen molar-refractivity contribution in [1.29, 1.82) is 0 Å². The number of aryl methyl sites for hydroxylation is 2. The van der Waals surface area contributed by atoms with Crippen LogP contribution in [0.15, 0.2) is 18.2 Å². The lowest BCUT2D eigenvalue weighted by Crippen LogP contribution is -2.42. The Kier molecular flexibility index (Phi) is 3.55. The van der Waals surface area contributed by atoms with E-state index in [1.54, 1.807) is 7.05 Å². The van der Waals surface area contributed by atoms with E-state index >= 15 is 0 Å². The van der Waals surface area contributed by atoms with Crippen LogP contribution >= 0.6 is 0 Å². The van der Waals surface area contributed by atoms with Crippen LogP contribution in [0.4, 0.5) is 0 Å². The number of aromatic nitrogens is 2. The first-order valence-electron chi connectivity index (χ1n) is 6.04. The van der Waals surface area contributed by atoms with Crippen molar-refractivity contribution in [2.24, 2.45) is 12.8 Å². The first-order valence-corrected chi connectivity index (χ1v) is 6.04. The van der Waals surface area contributed by atoms with Crippen LogP contribution in [0.1, 0.15) is 17.4 Å². The third-order valence-electron chi connectivity index (χ3n) is 3.44. The van der Waals surface area contributed by atoms with Gasteiger partial charge in [0.2, 0.25) is 0 Å². The van der Waals surface area contributed by atoms with Crippen LogP contribution in [0.5, 0.6) is 0 Å². The second-order valence-corrected chi connectivity index (χ2v) is 4.60. The Bertz CT molecular complexity index is 620. The number of hydrogen-bond acceptors (Lipinski definition) is 4. The third-order valence-corrected chi connectivity index (χ3v) is 3.44. The predicted octanol–water partition coefficient (Wildman–Crippen LogP) is 0.554. The number of fused-ring (bicyclic) bond motifs is 1. The van der Waals surface area contributed by atoms with Crippen molar-refractivity contribution in [3.63, 3.8) is 0 Å². The third kappa shape index (κ3) is 2.32. The van der Waals surface area contributed by atoms with Gasteiger partial charge in [-0.05, 0) is 31.7 Å². The summed E-state index contributed by atoms with van der Waals surface area (Å²) in [6.45, 7) is 1.93. The molecule has 4 N–H and O–H groups in total. The molecule has 19 heavy (non-hydrogen) atoms. The van der Waals surface area contributed by atoms with Gasteiger partial charge < -0.3 is 20.7 Å². The van der Waals surface area contributed by atoms with Gasteiger partial charge in [-0.15, -0.1) is 0 Å². The van der Waals surface area contributed by atoms with Crippen molar-refractivity contribution < 1.29 is 9.90 Å². The second-order valence-electron chi connectivity index (χ2n) is 4.60. The number of imidazole rings is 1. The summed E-state index contributed by atoms with van der Waals surface area (Å²) in [5.74, 6) is -0.118. The van der Waals surface area contributed by atoms with Gasteiger partial charge in [-0.3, -0.25) is 4.79 Å². The monoisotopic (exact) mass is 262 g/mol. The fourth-order valence-electron chi connectivity index (χ4n) is 2.23. The molecule has 0 radical (unpaired) electrons. The molecule has 2 rings (SSSR count). The quantitative estimate of drug-likeness (QED) is 0.748. The van der Waals surface area contributed by atoms with E-state index in [2.05, 4.69) is 10.3 Å². The molecule has 0 aliphatic carbocycles. The highest BCUT2D eigenvalue weighted by atomic mass is 16.4. The van der Waals surface area contributed by atoms with Crippen molar-refractivity contribution in [2.75, 3.05) is 7.05 Å². The fraction of sp³-hybridized carbons (Fsp3) is 0.385. The molecule has 0 aliphatic heterocycles. The molecule has 1 aromatic heterocycles. The van der Waals surface area contributed by atoms with E-state index in [0.29, 0.717) is 0 Å². The molecular formula is C13H18N4O2. The van der Waals surface area contributed by atoms with E-state index in [-0.39, 0.29) is 0 Å². The number of nitrogens with zero attached hydrogens (tertiary/aromatic N) is 2. The standard InChI is InChI=1S/C13H18N4O2/c1-7-16-9-6-8(4-5-10(9)17(7)3)12(15-2)11(14)13(18)19/h4-6,11-12,15H,14H2,1-3H3,(H,18,19). The van der Waals surface area contributed by atoms with Gasteiger partial charge in [-0.1, -0.05) is 6.07 Å². The highest BCUT2D eigenvalue weighted by Crippen LogP contribution is 2.22. The molecular weight excluding hydrogens is 244 g/mol. The van der Waals surface area contributed by atoms with Gasteiger partial charge in [0.1, 0.15) is 11.9 Å². The van der Waals surface area contributed by atoms with Gasteiger partial charge in [-0.2, -0.15) is 0 Å². The zero-order valence-electron chi connectivity index (χ0n) is 11.2. The number of aliphatic carboxylic acids is 1. The van der Waals surface area contributed by atoms with Gasteiger partial charge in [0.25, 0.3) is 0 Å². The minimum Gasteiger partial charge on any atom is -0.480 e. The number of nitrogens with two attached hydrogens (primary N) is 1. The van der Waals surface area contributed by atoms with Gasteiger partial charge in [0.05, 0.1) is 17.1 Å². The maximum Gasteiger partial charge on any atom is 0.322 e. The van der Waals surface area contributed by atoms with E-state index in [0.717, 1.165) is 22.4 Å². The molecule has 2 unspecified atom stereocenters. The molecule has 2 aromatic rings. The van der Waals surface area contributed by atoms with Crippen LogP contribution in [-0.4, -0.2) is 33.7 Å². The molecule has 0 bridgehead atoms. The maximum absolute atomic E-state index is 11.0. The normalized spacial score (nSPS) is 14.5. The summed E-state index contributed by atoms with van der Waals surface area (Å²) in [6.07, 6.45) is 0. The minimum atomic E-state index is -1.03. The maximum atomic E-state index is 11.0. The molecule has 102 valence electrons. The Morgan fingerprint density at radius 3 is 2.79 bits per heavy atom. The van der Waals surface area contributed by atoms with Crippen LogP contribution in [0.2, 0.25) is 0 Å². The summed E-state index contributed by atoms with van der Waals surface area (Å²) >= 11 is 0. The molecule has 0 spiro atoms. The van der Waals surface area contributed by atoms with Crippen LogP contribution in [0.25, 0.3) is 11.0 Å². The lowest BCUT2D eigenvalue weighted by molar-refractivity contribution is -0.139. The molecule has 6 nitrogen and oxygen atoms in total. The van der Waals surface area contributed by atoms with Crippen molar-refractivity contribution in [3.8, 4) is 0 Å². The average molecular weight is 262 g/mol. The number of benzene rings is 1. The summed E-state index contributed by atoms with van der Waals surface area (Å²) in [5.41, 5.74) is 8.37.